The fourth-order valence-corrected chi connectivity index (χ4v) is 1.17. The van der Waals surface area contributed by atoms with E-state index in [0.717, 1.165) is 6.08 Å². The maximum atomic E-state index is 10.7. The lowest BCUT2D eigenvalue weighted by molar-refractivity contribution is -0.385. The topological polar surface area (TPSA) is 69.4 Å². The van der Waals surface area contributed by atoms with E-state index in [1.807, 2.05) is 0 Å². The SMILES string of the molecule is COc1ccc(/C=C/C(=O)Cl)c([N+](=O)[O-])c1. The number of nitrogens with zero attached hydrogens (tertiary/aromatic N) is 1. The summed E-state index contributed by atoms with van der Waals surface area (Å²) in [5.41, 5.74) is 0.147. The molecule has 0 heterocycles. The minimum atomic E-state index is -0.690. The first-order valence-corrected chi connectivity index (χ1v) is 4.62. The van der Waals surface area contributed by atoms with Crippen LogP contribution in [0.5, 0.6) is 5.75 Å². The number of hydrogen-bond acceptors (Lipinski definition) is 4. The second-order valence-corrected chi connectivity index (χ2v) is 3.19. The van der Waals surface area contributed by atoms with Gasteiger partial charge in [-0.15, -0.1) is 0 Å². The van der Waals surface area contributed by atoms with Gasteiger partial charge in [0, 0.05) is 0 Å². The summed E-state index contributed by atoms with van der Waals surface area (Å²) in [6.07, 6.45) is 2.34. The number of nitro benzene ring substituents is 1. The van der Waals surface area contributed by atoms with Crippen molar-refractivity contribution >= 4 is 28.6 Å². The highest BCUT2D eigenvalue weighted by Crippen LogP contribution is 2.25. The summed E-state index contributed by atoms with van der Waals surface area (Å²) < 4.78 is 4.86. The Kier molecular flexibility index (Phi) is 4.02. The van der Waals surface area contributed by atoms with Crippen LogP contribution in [0.25, 0.3) is 6.08 Å². The van der Waals surface area contributed by atoms with Crippen molar-refractivity contribution in [3.63, 3.8) is 0 Å². The lowest BCUT2D eigenvalue weighted by Gasteiger charge is -2.01. The van der Waals surface area contributed by atoms with Crippen LogP contribution in [0.1, 0.15) is 5.56 Å². The molecule has 0 saturated carbocycles. The Morgan fingerprint density at radius 2 is 2.25 bits per heavy atom. The first kappa shape index (κ1) is 12.2. The molecule has 0 spiro atoms. The average Bonchev–Trinajstić information content (AvgIpc) is 2.25. The predicted molar refractivity (Wildman–Crippen MR) is 59.5 cm³/mol. The van der Waals surface area contributed by atoms with Crippen molar-refractivity contribution in [2.75, 3.05) is 7.11 Å². The quantitative estimate of drug-likeness (QED) is 0.351. The van der Waals surface area contributed by atoms with E-state index in [0.29, 0.717) is 11.3 Å². The fourth-order valence-electron chi connectivity index (χ4n) is 1.10. The zero-order valence-electron chi connectivity index (χ0n) is 8.34. The summed E-state index contributed by atoms with van der Waals surface area (Å²) in [5, 5.41) is 10.0. The lowest BCUT2D eigenvalue weighted by Crippen LogP contribution is -1.93. The van der Waals surface area contributed by atoms with Gasteiger partial charge in [-0.25, -0.2) is 0 Å². The van der Waals surface area contributed by atoms with Gasteiger partial charge in [0.25, 0.3) is 5.69 Å². The van der Waals surface area contributed by atoms with Crippen molar-refractivity contribution in [1.29, 1.82) is 0 Å². The Morgan fingerprint density at radius 1 is 1.56 bits per heavy atom. The van der Waals surface area contributed by atoms with Crippen LogP contribution in [0, 0.1) is 10.1 Å². The first-order valence-electron chi connectivity index (χ1n) is 4.24. The van der Waals surface area contributed by atoms with Gasteiger partial charge in [-0.3, -0.25) is 14.9 Å². The van der Waals surface area contributed by atoms with Gasteiger partial charge in [0.05, 0.1) is 23.7 Å². The number of nitro groups is 1. The molecule has 0 aromatic heterocycles. The molecule has 1 aromatic carbocycles. The molecule has 0 saturated heterocycles. The number of carbonyl (C=O) groups excluding carboxylic acids is 1. The minimum Gasteiger partial charge on any atom is -0.497 e. The van der Waals surface area contributed by atoms with Crippen molar-refractivity contribution in [3.05, 3.63) is 40.0 Å². The summed E-state index contributed by atoms with van der Waals surface area (Å²) in [6, 6.07) is 4.32. The molecule has 0 N–H and O–H groups in total. The zero-order valence-corrected chi connectivity index (χ0v) is 9.10. The largest absolute Gasteiger partial charge is 0.497 e. The van der Waals surface area contributed by atoms with Crippen molar-refractivity contribution in [2.24, 2.45) is 0 Å². The van der Waals surface area contributed by atoms with Gasteiger partial charge in [-0.1, -0.05) is 0 Å². The van der Waals surface area contributed by atoms with Crippen molar-refractivity contribution < 1.29 is 14.5 Å². The fraction of sp³-hybridized carbons (Fsp3) is 0.100. The number of hydrogen-bond donors (Lipinski definition) is 0. The summed E-state index contributed by atoms with van der Waals surface area (Å²) in [7, 11) is 1.41. The standard InChI is InChI=1S/C10H8ClNO4/c1-16-8-4-2-7(3-5-10(11)13)9(6-8)12(14)15/h2-6H,1H3/b5-3+. The highest BCUT2D eigenvalue weighted by atomic mass is 35.5. The monoisotopic (exact) mass is 241 g/mol. The van der Waals surface area contributed by atoms with Gasteiger partial charge in [-0.2, -0.15) is 0 Å². The third kappa shape index (κ3) is 3.06. The molecule has 0 amide bonds. The zero-order chi connectivity index (χ0) is 12.1. The van der Waals surface area contributed by atoms with Gasteiger partial charge < -0.3 is 4.74 Å². The van der Waals surface area contributed by atoms with Crippen LogP contribution >= 0.6 is 11.6 Å². The average molecular weight is 242 g/mol. The first-order chi connectivity index (χ1) is 7.54. The third-order valence-electron chi connectivity index (χ3n) is 1.83. The Bertz CT molecular complexity index is 456. The maximum Gasteiger partial charge on any atom is 0.280 e. The molecule has 0 aliphatic heterocycles. The van der Waals surface area contributed by atoms with Gasteiger partial charge >= 0.3 is 0 Å². The van der Waals surface area contributed by atoms with Crippen LogP contribution in [0.15, 0.2) is 24.3 Å². The van der Waals surface area contributed by atoms with Crippen molar-refractivity contribution in [3.8, 4) is 5.75 Å². The molecule has 0 bridgehead atoms. The number of halogens is 1. The Balaban J connectivity index is 3.18. The molecule has 1 aromatic rings. The van der Waals surface area contributed by atoms with Crippen LogP contribution in [-0.2, 0) is 4.79 Å². The molecule has 0 aliphatic rings. The van der Waals surface area contributed by atoms with Crippen LogP contribution < -0.4 is 4.74 Å². The Hall–Kier alpha value is -1.88. The lowest BCUT2D eigenvalue weighted by atomic mass is 10.1. The molecule has 84 valence electrons. The van der Waals surface area contributed by atoms with E-state index in [-0.39, 0.29) is 5.69 Å². The van der Waals surface area contributed by atoms with E-state index in [1.165, 1.54) is 25.3 Å². The second-order valence-electron chi connectivity index (χ2n) is 2.82. The molecule has 0 radical (unpaired) electrons. The number of allylic oxidation sites excluding steroid dienone is 1. The predicted octanol–water partition coefficient (Wildman–Crippen LogP) is 2.38. The van der Waals surface area contributed by atoms with E-state index in [4.69, 9.17) is 16.3 Å². The smallest absolute Gasteiger partial charge is 0.280 e. The molecule has 6 heteroatoms. The second kappa shape index (κ2) is 5.27. The minimum absolute atomic E-state index is 0.145. The van der Waals surface area contributed by atoms with Crippen LogP contribution in [-0.4, -0.2) is 17.3 Å². The number of carbonyl (C=O) groups is 1. The van der Waals surface area contributed by atoms with Crippen LogP contribution in [0.4, 0.5) is 5.69 Å². The molecular weight excluding hydrogens is 234 g/mol. The Morgan fingerprint density at radius 3 is 2.75 bits per heavy atom. The van der Waals surface area contributed by atoms with E-state index in [1.54, 1.807) is 6.07 Å². The number of benzene rings is 1. The summed E-state index contributed by atoms with van der Waals surface area (Å²) in [5.74, 6) is 0.376. The normalized spacial score (nSPS) is 10.4. The van der Waals surface area contributed by atoms with E-state index in [9.17, 15) is 14.9 Å². The van der Waals surface area contributed by atoms with Gasteiger partial charge in [0.2, 0.25) is 5.24 Å². The van der Waals surface area contributed by atoms with Gasteiger partial charge in [0.15, 0.2) is 0 Å². The Labute approximate surface area is 96.4 Å². The van der Waals surface area contributed by atoms with E-state index >= 15 is 0 Å². The van der Waals surface area contributed by atoms with Crippen molar-refractivity contribution in [1.82, 2.24) is 0 Å². The molecule has 5 nitrogen and oxygen atoms in total. The molecule has 0 fully saturated rings. The molecule has 1 rings (SSSR count). The van der Waals surface area contributed by atoms with Crippen LogP contribution in [0.3, 0.4) is 0 Å². The third-order valence-corrected chi connectivity index (χ3v) is 1.95. The van der Waals surface area contributed by atoms with E-state index in [2.05, 4.69) is 0 Å². The molecule has 16 heavy (non-hydrogen) atoms. The summed E-state index contributed by atoms with van der Waals surface area (Å²) in [6.45, 7) is 0. The van der Waals surface area contributed by atoms with Crippen molar-refractivity contribution in [2.45, 2.75) is 0 Å². The van der Waals surface area contributed by atoms with Gasteiger partial charge in [0.1, 0.15) is 5.75 Å². The van der Waals surface area contributed by atoms with E-state index < -0.39 is 10.2 Å². The number of ether oxygens (including phenoxy) is 1. The molecular formula is C10H8ClNO4. The highest BCUT2D eigenvalue weighted by Gasteiger charge is 2.12. The maximum absolute atomic E-state index is 10.7. The summed E-state index contributed by atoms with van der Waals surface area (Å²) >= 11 is 5.10. The molecule has 0 unspecified atom stereocenters. The number of rotatable bonds is 4. The van der Waals surface area contributed by atoms with Gasteiger partial charge in [-0.05, 0) is 35.9 Å². The number of methoxy groups -OCH3 is 1. The summed E-state index contributed by atoms with van der Waals surface area (Å²) in [4.78, 5) is 20.7. The van der Waals surface area contributed by atoms with Crippen LogP contribution in [0.2, 0.25) is 0 Å². The highest BCUT2D eigenvalue weighted by molar-refractivity contribution is 6.66. The molecule has 0 atom stereocenters. The molecule has 0 aliphatic carbocycles.